The molecule has 1 N–H and O–H groups in total. The van der Waals surface area contributed by atoms with E-state index < -0.39 is 0 Å². The predicted octanol–water partition coefficient (Wildman–Crippen LogP) is 3.85. The van der Waals surface area contributed by atoms with Gasteiger partial charge < -0.3 is 10.1 Å². The predicted molar refractivity (Wildman–Crippen MR) is 80.6 cm³/mol. The lowest BCUT2D eigenvalue weighted by Gasteiger charge is -2.07. The van der Waals surface area contributed by atoms with Crippen molar-refractivity contribution in [2.24, 2.45) is 0 Å². The Morgan fingerprint density at radius 2 is 1.84 bits per heavy atom. The van der Waals surface area contributed by atoms with Gasteiger partial charge in [-0.2, -0.15) is 0 Å². The third-order valence-corrected chi connectivity index (χ3v) is 3.23. The average molecular weight is 264 g/mol. The number of aryl methyl sites for hydroxylation is 1. The zero-order valence-electron chi connectivity index (χ0n) is 12.7. The normalized spacial score (nSPS) is 10.7. The highest BCUT2D eigenvalue weighted by atomic mass is 16.5. The van der Waals surface area contributed by atoms with Crippen molar-refractivity contribution < 1.29 is 4.74 Å². The van der Waals surface area contributed by atoms with Crippen LogP contribution in [0, 0.1) is 6.92 Å². The quantitative estimate of drug-likeness (QED) is 0.652. The van der Waals surface area contributed by atoms with Crippen molar-refractivity contribution in [2.75, 3.05) is 13.7 Å². The zero-order valence-corrected chi connectivity index (χ0v) is 12.7. The van der Waals surface area contributed by atoms with Gasteiger partial charge in [-0.15, -0.1) is 0 Å². The number of nitrogens with zero attached hydrogens (tertiary/aromatic N) is 1. The van der Waals surface area contributed by atoms with E-state index in [4.69, 9.17) is 4.74 Å². The minimum Gasteiger partial charge on any atom is -0.497 e. The zero-order chi connectivity index (χ0) is 13.9. The van der Waals surface area contributed by atoms with Gasteiger partial charge in [-0.25, -0.2) is 0 Å². The number of nitrogens with one attached hydrogen (secondary N) is 1. The van der Waals surface area contributed by atoms with Gasteiger partial charge in [-0.3, -0.25) is 4.98 Å². The summed E-state index contributed by atoms with van der Waals surface area (Å²) in [5, 5.41) is 3.45. The molecule has 0 fully saturated rings. The molecule has 108 valence electrons. The van der Waals surface area contributed by atoms with Crippen LogP contribution in [0.5, 0.6) is 5.75 Å². The lowest BCUT2D eigenvalue weighted by molar-refractivity contribution is 0.412. The van der Waals surface area contributed by atoms with Crippen molar-refractivity contribution in [1.29, 1.82) is 0 Å². The Morgan fingerprint density at radius 3 is 2.58 bits per heavy atom. The topological polar surface area (TPSA) is 34.1 Å². The lowest BCUT2D eigenvalue weighted by Crippen LogP contribution is -2.15. The molecule has 1 heterocycles. The monoisotopic (exact) mass is 264 g/mol. The summed E-state index contributed by atoms with van der Waals surface area (Å²) >= 11 is 0. The maximum absolute atomic E-state index is 5.25. The van der Waals surface area contributed by atoms with Crippen molar-refractivity contribution in [3.8, 4) is 5.75 Å². The molecule has 19 heavy (non-hydrogen) atoms. The molecule has 0 bridgehead atoms. The molecule has 0 aliphatic rings. The smallest absolute Gasteiger partial charge is 0.122 e. The molecule has 0 unspecified atom stereocenters. The fourth-order valence-corrected chi connectivity index (χ4v) is 2.16. The molecule has 0 radical (unpaired) electrons. The first-order valence-electron chi connectivity index (χ1n) is 7.48. The molecule has 0 aliphatic heterocycles. The molecule has 3 nitrogen and oxygen atoms in total. The fourth-order valence-electron chi connectivity index (χ4n) is 2.16. The van der Waals surface area contributed by atoms with E-state index in [9.17, 15) is 0 Å². The van der Waals surface area contributed by atoms with Gasteiger partial charge in [0.25, 0.3) is 0 Å². The Hall–Kier alpha value is -1.09. The van der Waals surface area contributed by atoms with Gasteiger partial charge in [-0.1, -0.05) is 39.0 Å². The van der Waals surface area contributed by atoms with Crippen LogP contribution in [0.25, 0.3) is 0 Å². The first-order chi connectivity index (χ1) is 9.26. The Balaban J connectivity index is 2.13. The van der Waals surface area contributed by atoms with Crippen LogP contribution in [-0.2, 0) is 6.54 Å². The summed E-state index contributed by atoms with van der Waals surface area (Å²) in [5.74, 6) is 0.892. The van der Waals surface area contributed by atoms with Crippen LogP contribution >= 0.6 is 0 Å². The molecular weight excluding hydrogens is 236 g/mol. The van der Waals surface area contributed by atoms with E-state index in [1.165, 1.54) is 38.5 Å². The summed E-state index contributed by atoms with van der Waals surface area (Å²) in [7, 11) is 1.70. The van der Waals surface area contributed by atoms with Crippen molar-refractivity contribution >= 4 is 0 Å². The minimum absolute atomic E-state index is 0.826. The second-order valence-corrected chi connectivity index (χ2v) is 5.08. The van der Waals surface area contributed by atoms with E-state index in [0.717, 1.165) is 30.2 Å². The summed E-state index contributed by atoms with van der Waals surface area (Å²) in [5.41, 5.74) is 2.07. The van der Waals surface area contributed by atoms with Gasteiger partial charge in [0.15, 0.2) is 0 Å². The third-order valence-electron chi connectivity index (χ3n) is 3.23. The number of hydrogen-bond donors (Lipinski definition) is 1. The van der Waals surface area contributed by atoms with Crippen LogP contribution in [0.1, 0.15) is 56.8 Å². The van der Waals surface area contributed by atoms with Crippen LogP contribution in [0.2, 0.25) is 0 Å². The molecule has 0 aliphatic carbocycles. The second kappa shape index (κ2) is 9.79. The highest BCUT2D eigenvalue weighted by Gasteiger charge is 2.00. The molecule has 0 saturated carbocycles. The highest BCUT2D eigenvalue weighted by Crippen LogP contribution is 2.13. The van der Waals surface area contributed by atoms with E-state index in [2.05, 4.69) is 17.2 Å². The van der Waals surface area contributed by atoms with E-state index >= 15 is 0 Å². The molecular formula is C16H28N2O. The Bertz CT molecular complexity index is 353. The Morgan fingerprint density at radius 1 is 1.11 bits per heavy atom. The number of rotatable bonds is 10. The van der Waals surface area contributed by atoms with Gasteiger partial charge in [0.05, 0.1) is 12.8 Å². The SMILES string of the molecule is CCCCCCCCNCc1cc(OC)cc(C)n1. The molecule has 1 aromatic rings. The number of ether oxygens (including phenoxy) is 1. The molecule has 0 aromatic carbocycles. The Labute approximate surface area is 117 Å². The Kier molecular flexibility index (Phi) is 8.23. The lowest BCUT2D eigenvalue weighted by atomic mass is 10.1. The second-order valence-electron chi connectivity index (χ2n) is 5.08. The van der Waals surface area contributed by atoms with Gasteiger partial charge in [0, 0.05) is 24.4 Å². The van der Waals surface area contributed by atoms with E-state index in [1.807, 2.05) is 19.1 Å². The molecule has 0 atom stereocenters. The van der Waals surface area contributed by atoms with Crippen molar-refractivity contribution in [3.05, 3.63) is 23.5 Å². The fraction of sp³-hybridized carbons (Fsp3) is 0.688. The molecule has 0 spiro atoms. The van der Waals surface area contributed by atoms with E-state index in [-0.39, 0.29) is 0 Å². The molecule has 3 heteroatoms. The highest BCUT2D eigenvalue weighted by molar-refractivity contribution is 5.26. The summed E-state index contributed by atoms with van der Waals surface area (Å²) in [4.78, 5) is 4.50. The van der Waals surface area contributed by atoms with E-state index in [1.54, 1.807) is 7.11 Å². The first kappa shape index (κ1) is 16.0. The van der Waals surface area contributed by atoms with Crippen LogP contribution < -0.4 is 10.1 Å². The van der Waals surface area contributed by atoms with Crippen LogP contribution in [0.15, 0.2) is 12.1 Å². The summed E-state index contributed by atoms with van der Waals surface area (Å²) < 4.78 is 5.25. The maximum Gasteiger partial charge on any atom is 0.122 e. The molecule has 0 saturated heterocycles. The van der Waals surface area contributed by atoms with Crippen LogP contribution in [-0.4, -0.2) is 18.6 Å². The number of unbranched alkanes of at least 4 members (excludes halogenated alkanes) is 5. The standard InChI is InChI=1S/C16H28N2O/c1-4-5-6-7-8-9-10-17-13-15-12-16(19-3)11-14(2)18-15/h11-12,17H,4-10,13H2,1-3H3. The molecule has 1 aromatic heterocycles. The number of pyridine rings is 1. The van der Waals surface area contributed by atoms with Gasteiger partial charge >= 0.3 is 0 Å². The third kappa shape index (κ3) is 7.16. The van der Waals surface area contributed by atoms with Gasteiger partial charge in [0.2, 0.25) is 0 Å². The molecule has 1 rings (SSSR count). The number of methoxy groups -OCH3 is 1. The van der Waals surface area contributed by atoms with Crippen LogP contribution in [0.3, 0.4) is 0 Å². The largest absolute Gasteiger partial charge is 0.497 e. The van der Waals surface area contributed by atoms with Crippen LogP contribution in [0.4, 0.5) is 0 Å². The van der Waals surface area contributed by atoms with Crippen molar-refractivity contribution in [3.63, 3.8) is 0 Å². The maximum atomic E-state index is 5.25. The van der Waals surface area contributed by atoms with Gasteiger partial charge in [0.1, 0.15) is 5.75 Å². The number of hydrogen-bond acceptors (Lipinski definition) is 3. The summed E-state index contributed by atoms with van der Waals surface area (Å²) in [6, 6.07) is 3.96. The summed E-state index contributed by atoms with van der Waals surface area (Å²) in [6.45, 7) is 6.15. The average Bonchev–Trinajstić information content (AvgIpc) is 2.41. The first-order valence-corrected chi connectivity index (χ1v) is 7.48. The molecule has 0 amide bonds. The summed E-state index contributed by atoms with van der Waals surface area (Å²) in [6.07, 6.45) is 8.03. The van der Waals surface area contributed by atoms with Crippen molar-refractivity contribution in [1.82, 2.24) is 10.3 Å². The van der Waals surface area contributed by atoms with Crippen molar-refractivity contribution in [2.45, 2.75) is 58.9 Å². The van der Waals surface area contributed by atoms with E-state index in [0.29, 0.717) is 0 Å². The minimum atomic E-state index is 0.826. The van der Waals surface area contributed by atoms with Gasteiger partial charge in [-0.05, 0) is 19.9 Å². The number of aromatic nitrogens is 1.